The number of aromatic nitrogens is 3. The van der Waals surface area contributed by atoms with Crippen molar-refractivity contribution in [2.24, 2.45) is 5.92 Å². The number of ether oxygens (including phenoxy) is 1. The molecular weight excluding hydrogens is 548 g/mol. The molecule has 3 aromatic rings. The van der Waals surface area contributed by atoms with Crippen LogP contribution in [0.5, 0.6) is 0 Å². The summed E-state index contributed by atoms with van der Waals surface area (Å²) in [6, 6.07) is 13.0. The summed E-state index contributed by atoms with van der Waals surface area (Å²) in [4.78, 5) is 45.3. The molecule has 2 unspecified atom stereocenters. The maximum atomic E-state index is 14.1. The highest BCUT2D eigenvalue weighted by molar-refractivity contribution is 7.99. The lowest BCUT2D eigenvalue weighted by molar-refractivity contribution is -0.139. The molecule has 2 aliphatic rings. The van der Waals surface area contributed by atoms with Gasteiger partial charge in [-0.05, 0) is 81.0 Å². The number of hydrogen-bond donors (Lipinski definition) is 1. The molecule has 1 saturated heterocycles. The normalized spacial score (nSPS) is 17.5. The van der Waals surface area contributed by atoms with E-state index >= 15 is 0 Å². The number of hydrogen-bond acceptors (Lipinski definition) is 8. The number of anilines is 2. The Kier molecular flexibility index (Phi) is 10.2. The molecule has 5 rings (SSSR count). The number of thioether (sulfide) groups is 1. The predicted octanol–water partition coefficient (Wildman–Crippen LogP) is 4.81. The first-order valence-corrected chi connectivity index (χ1v) is 15.5. The van der Waals surface area contributed by atoms with Crippen molar-refractivity contribution >= 4 is 35.0 Å². The number of carbonyl (C=O) groups is 2. The van der Waals surface area contributed by atoms with E-state index in [2.05, 4.69) is 37.3 Å². The maximum Gasteiger partial charge on any atom is 0.247 e. The molecule has 1 fully saturated rings. The van der Waals surface area contributed by atoms with Crippen LogP contribution in [0, 0.1) is 19.8 Å². The van der Waals surface area contributed by atoms with Crippen molar-refractivity contribution in [3.63, 3.8) is 0 Å². The fraction of sp³-hybridized carbons (Fsp3) is 0.406. The van der Waals surface area contributed by atoms with Crippen LogP contribution in [0.3, 0.4) is 0 Å². The Morgan fingerprint density at radius 3 is 2.52 bits per heavy atom. The lowest BCUT2D eigenvalue weighted by atomic mass is 9.86. The second-order valence-electron chi connectivity index (χ2n) is 10.7. The van der Waals surface area contributed by atoms with Gasteiger partial charge in [0, 0.05) is 54.8 Å². The molecule has 2 amide bonds. The van der Waals surface area contributed by atoms with E-state index in [-0.39, 0.29) is 30.0 Å². The van der Waals surface area contributed by atoms with Gasteiger partial charge in [0.15, 0.2) is 5.16 Å². The summed E-state index contributed by atoms with van der Waals surface area (Å²) in [5, 5.41) is 3.69. The Morgan fingerprint density at radius 1 is 1.10 bits per heavy atom. The standard InChI is InChI=1S/C32H38N6O3S/c1-23-19-24(2)35-32(34-23)42-22-29(39)38(21-25-7-6-14-33-20-25)30(26-8-4-3-5-9-26)31(40)36-27-10-12-28(13-11-27)37-15-17-41-18-16-37/h3-4,6-7,10-14,19-20,26,30H,5,8-9,15-18,21-22H2,1-2H3,(H,36,40). The van der Waals surface area contributed by atoms with Crippen molar-refractivity contribution in [3.05, 3.63) is 84.0 Å². The van der Waals surface area contributed by atoms with Crippen LogP contribution < -0.4 is 10.2 Å². The maximum absolute atomic E-state index is 14.1. The summed E-state index contributed by atoms with van der Waals surface area (Å²) < 4.78 is 5.47. The van der Waals surface area contributed by atoms with Gasteiger partial charge >= 0.3 is 0 Å². The smallest absolute Gasteiger partial charge is 0.247 e. The van der Waals surface area contributed by atoms with Gasteiger partial charge in [0.2, 0.25) is 11.8 Å². The van der Waals surface area contributed by atoms with Crippen molar-refractivity contribution in [1.29, 1.82) is 0 Å². The van der Waals surface area contributed by atoms with E-state index in [0.29, 0.717) is 24.1 Å². The Balaban J connectivity index is 1.38. The van der Waals surface area contributed by atoms with Crippen LogP contribution in [0.4, 0.5) is 11.4 Å². The second kappa shape index (κ2) is 14.4. The number of benzene rings is 1. The van der Waals surface area contributed by atoms with Crippen LogP contribution in [0.15, 0.2) is 72.2 Å². The minimum Gasteiger partial charge on any atom is -0.378 e. The number of nitrogens with zero attached hydrogens (tertiary/aromatic N) is 5. The summed E-state index contributed by atoms with van der Waals surface area (Å²) >= 11 is 1.30. The molecule has 2 aromatic heterocycles. The number of allylic oxidation sites excluding steroid dienone is 2. The average Bonchev–Trinajstić information content (AvgIpc) is 3.01. The van der Waals surface area contributed by atoms with E-state index in [4.69, 9.17) is 4.74 Å². The average molecular weight is 587 g/mol. The molecule has 1 N–H and O–H groups in total. The van der Waals surface area contributed by atoms with Gasteiger partial charge in [-0.1, -0.05) is 30.0 Å². The fourth-order valence-electron chi connectivity index (χ4n) is 5.50. The molecule has 9 nitrogen and oxygen atoms in total. The molecular formula is C32H38N6O3S. The van der Waals surface area contributed by atoms with Gasteiger partial charge in [-0.25, -0.2) is 9.97 Å². The molecule has 1 aromatic carbocycles. The molecule has 10 heteroatoms. The lowest BCUT2D eigenvalue weighted by Gasteiger charge is -2.37. The van der Waals surface area contributed by atoms with Gasteiger partial charge in [-0.2, -0.15) is 0 Å². The van der Waals surface area contributed by atoms with Gasteiger partial charge in [0.05, 0.1) is 19.0 Å². The summed E-state index contributed by atoms with van der Waals surface area (Å²) in [6.45, 7) is 7.24. The molecule has 1 aliphatic carbocycles. The zero-order chi connectivity index (χ0) is 29.3. The predicted molar refractivity (Wildman–Crippen MR) is 165 cm³/mol. The first-order valence-electron chi connectivity index (χ1n) is 14.5. The number of amides is 2. The Bertz CT molecular complexity index is 1360. The number of pyridine rings is 1. The largest absolute Gasteiger partial charge is 0.378 e. The molecule has 0 radical (unpaired) electrons. The Labute approximate surface area is 251 Å². The van der Waals surface area contributed by atoms with Crippen molar-refractivity contribution < 1.29 is 14.3 Å². The second-order valence-corrected chi connectivity index (χ2v) is 11.7. The van der Waals surface area contributed by atoms with Gasteiger partial charge < -0.3 is 19.9 Å². The zero-order valence-corrected chi connectivity index (χ0v) is 25.1. The minimum absolute atomic E-state index is 0.00860. The first-order chi connectivity index (χ1) is 20.5. The third-order valence-corrected chi connectivity index (χ3v) is 8.39. The van der Waals surface area contributed by atoms with Gasteiger partial charge in [0.1, 0.15) is 6.04 Å². The van der Waals surface area contributed by atoms with Crippen LogP contribution in [0.2, 0.25) is 0 Å². The number of carbonyl (C=O) groups excluding carboxylic acids is 2. The van der Waals surface area contributed by atoms with Crippen LogP contribution >= 0.6 is 11.8 Å². The highest BCUT2D eigenvalue weighted by atomic mass is 32.2. The van der Waals surface area contributed by atoms with Crippen molar-refractivity contribution in [2.75, 3.05) is 42.3 Å². The van der Waals surface area contributed by atoms with Crippen LogP contribution in [0.1, 0.15) is 36.2 Å². The van der Waals surface area contributed by atoms with E-state index in [0.717, 1.165) is 55.0 Å². The zero-order valence-electron chi connectivity index (χ0n) is 24.2. The van der Waals surface area contributed by atoms with E-state index in [1.165, 1.54) is 11.8 Å². The molecule has 0 spiro atoms. The SMILES string of the molecule is Cc1cc(C)nc(SCC(=O)N(Cc2cccnc2)C(C(=O)Nc2ccc(N3CCOCC3)cc2)C2CC=CCC2)n1. The Hall–Kier alpha value is -3.76. The minimum atomic E-state index is -0.651. The highest BCUT2D eigenvalue weighted by Crippen LogP contribution is 2.29. The van der Waals surface area contributed by atoms with Crippen molar-refractivity contribution in [1.82, 2.24) is 19.9 Å². The molecule has 220 valence electrons. The third kappa shape index (κ3) is 7.95. The molecule has 0 saturated carbocycles. The van der Waals surface area contributed by atoms with E-state index in [1.54, 1.807) is 17.3 Å². The molecule has 2 atom stereocenters. The van der Waals surface area contributed by atoms with Crippen LogP contribution in [0.25, 0.3) is 0 Å². The third-order valence-electron chi connectivity index (χ3n) is 7.55. The molecule has 0 bridgehead atoms. The van der Waals surface area contributed by atoms with E-state index < -0.39 is 6.04 Å². The number of rotatable bonds is 10. The lowest BCUT2D eigenvalue weighted by Crippen LogP contribution is -2.51. The molecule has 3 heterocycles. The van der Waals surface area contributed by atoms with Gasteiger partial charge in [0.25, 0.3) is 0 Å². The van der Waals surface area contributed by atoms with E-state index in [1.807, 2.05) is 56.3 Å². The van der Waals surface area contributed by atoms with Crippen molar-refractivity contribution in [3.8, 4) is 0 Å². The number of nitrogens with one attached hydrogen (secondary N) is 1. The molecule has 42 heavy (non-hydrogen) atoms. The monoisotopic (exact) mass is 586 g/mol. The Morgan fingerprint density at radius 2 is 1.86 bits per heavy atom. The first kappa shape index (κ1) is 29.7. The number of aryl methyl sites for hydroxylation is 2. The van der Waals surface area contributed by atoms with E-state index in [9.17, 15) is 9.59 Å². The van der Waals surface area contributed by atoms with Gasteiger partial charge in [-0.15, -0.1) is 0 Å². The summed E-state index contributed by atoms with van der Waals surface area (Å²) in [5.41, 5.74) is 4.40. The summed E-state index contributed by atoms with van der Waals surface area (Å²) in [5.74, 6) is -0.196. The highest BCUT2D eigenvalue weighted by Gasteiger charge is 2.36. The van der Waals surface area contributed by atoms with Crippen LogP contribution in [-0.4, -0.2) is 69.8 Å². The summed E-state index contributed by atoms with van der Waals surface area (Å²) in [6.07, 6.45) is 10.2. The quantitative estimate of drug-likeness (QED) is 0.205. The van der Waals surface area contributed by atoms with Crippen molar-refractivity contribution in [2.45, 2.75) is 50.9 Å². The molecule has 1 aliphatic heterocycles. The summed E-state index contributed by atoms with van der Waals surface area (Å²) in [7, 11) is 0. The topological polar surface area (TPSA) is 101 Å². The van der Waals surface area contributed by atoms with Crippen LogP contribution in [-0.2, 0) is 20.9 Å². The number of morpholine rings is 1. The fourth-order valence-corrected chi connectivity index (χ4v) is 6.34. The van der Waals surface area contributed by atoms with Gasteiger partial charge in [-0.3, -0.25) is 14.6 Å².